The molecule has 0 N–H and O–H groups in total. The quantitative estimate of drug-likeness (QED) is 0.516. The molecule has 0 atom stereocenters. The molecule has 0 saturated heterocycles. The number of halogens is 1. The molecule has 0 heterocycles. The third-order valence-electron chi connectivity index (χ3n) is 1.72. The summed E-state index contributed by atoms with van der Waals surface area (Å²) in [4.78, 5) is 0. The Morgan fingerprint density at radius 1 is 1.08 bits per heavy atom. The van der Waals surface area contributed by atoms with Gasteiger partial charge in [0.2, 0.25) is 0 Å². The van der Waals surface area contributed by atoms with Crippen molar-refractivity contribution in [2.45, 2.75) is 40.5 Å². The van der Waals surface area contributed by atoms with Crippen LogP contribution in [-0.4, -0.2) is 0 Å². The summed E-state index contributed by atoms with van der Waals surface area (Å²) in [5, 5.41) is 0. The van der Waals surface area contributed by atoms with E-state index in [0.717, 1.165) is 6.42 Å². The van der Waals surface area contributed by atoms with Crippen LogP contribution in [0.4, 0.5) is 4.70 Å². The van der Waals surface area contributed by atoms with E-state index in [1.165, 1.54) is 6.42 Å². The molecule has 0 aromatic heterocycles. The zero-order chi connectivity index (χ0) is 8.74. The van der Waals surface area contributed by atoms with Gasteiger partial charge in [0.1, 0.15) is 0 Å². The van der Waals surface area contributed by atoms with Crippen LogP contribution in [0.2, 0.25) is 0 Å². The zero-order valence-electron chi connectivity index (χ0n) is 8.63. The predicted molar refractivity (Wildman–Crippen MR) is 55.1 cm³/mol. The molecular weight excluding hydrogens is 151 g/mol. The van der Waals surface area contributed by atoms with Gasteiger partial charge in [-0.05, 0) is 11.8 Å². The summed E-state index contributed by atoms with van der Waals surface area (Å²) in [6.45, 7) is 8.94. The summed E-state index contributed by atoms with van der Waals surface area (Å²) in [7, 11) is 0. The molecule has 1 aliphatic carbocycles. The van der Waals surface area contributed by atoms with Gasteiger partial charge in [-0.3, -0.25) is 4.70 Å². The second kappa shape index (κ2) is 7.08. The van der Waals surface area contributed by atoms with Crippen molar-refractivity contribution in [3.8, 4) is 0 Å². The van der Waals surface area contributed by atoms with Crippen LogP contribution in [0.15, 0.2) is 24.3 Å². The van der Waals surface area contributed by atoms with Crippen LogP contribution in [0.25, 0.3) is 0 Å². The molecule has 0 aromatic carbocycles. The number of hydrogen-bond donors (Lipinski definition) is 0. The monoisotopic (exact) mass is 172 g/mol. The molecule has 0 nitrogen and oxygen atoms in total. The molecule has 12 heavy (non-hydrogen) atoms. The highest BCUT2D eigenvalue weighted by Gasteiger charge is 2.03. The van der Waals surface area contributed by atoms with Crippen molar-refractivity contribution in [2.75, 3.05) is 0 Å². The Kier molecular flexibility index (Phi) is 8.24. The molecule has 0 aromatic rings. The topological polar surface area (TPSA) is 0 Å². The fraction of sp³-hybridized carbons (Fsp3) is 0.636. The fourth-order valence-corrected chi connectivity index (χ4v) is 0.393. The van der Waals surface area contributed by atoms with Gasteiger partial charge < -0.3 is 0 Å². The minimum atomic E-state index is 0. The van der Waals surface area contributed by atoms with E-state index in [-0.39, 0.29) is 4.70 Å². The standard InChI is InChI=1S/C6H14.C5H6.FH/c1-5-6(2,3)4;1-2-4-5-3-1;/h5H2,1-4H3;1-4H,5H2;1H. The van der Waals surface area contributed by atoms with Gasteiger partial charge in [-0.25, -0.2) is 0 Å². The third-order valence-corrected chi connectivity index (χ3v) is 1.72. The molecule has 0 aliphatic heterocycles. The lowest BCUT2D eigenvalue weighted by Crippen LogP contribution is -2.00. The Morgan fingerprint density at radius 3 is 1.50 bits per heavy atom. The molecule has 0 radical (unpaired) electrons. The lowest BCUT2D eigenvalue weighted by atomic mass is 9.94. The summed E-state index contributed by atoms with van der Waals surface area (Å²) in [5.41, 5.74) is 0.542. The van der Waals surface area contributed by atoms with Crippen molar-refractivity contribution >= 4 is 0 Å². The maximum absolute atomic E-state index is 2.24. The number of allylic oxidation sites excluding steroid dienone is 4. The van der Waals surface area contributed by atoms with E-state index in [9.17, 15) is 0 Å². The highest BCUT2D eigenvalue weighted by atomic mass is 19.0. The molecular formula is C11H21F. The van der Waals surface area contributed by atoms with Crippen LogP contribution >= 0.6 is 0 Å². The highest BCUT2D eigenvalue weighted by Crippen LogP contribution is 2.16. The first-order valence-electron chi connectivity index (χ1n) is 4.38. The summed E-state index contributed by atoms with van der Waals surface area (Å²) >= 11 is 0. The number of rotatable bonds is 0. The second-order valence-electron chi connectivity index (χ2n) is 4.01. The fourth-order valence-electron chi connectivity index (χ4n) is 0.393. The van der Waals surface area contributed by atoms with Crippen molar-refractivity contribution < 1.29 is 4.70 Å². The molecule has 1 heteroatoms. The third kappa shape index (κ3) is 12.1. The lowest BCUT2D eigenvalue weighted by molar-refractivity contribution is 0.398. The van der Waals surface area contributed by atoms with Gasteiger partial charge in [-0.1, -0.05) is 58.4 Å². The summed E-state index contributed by atoms with van der Waals surface area (Å²) in [5.74, 6) is 0. The predicted octanol–water partition coefficient (Wildman–Crippen LogP) is 4.10. The van der Waals surface area contributed by atoms with Crippen LogP contribution in [0.3, 0.4) is 0 Å². The lowest BCUT2D eigenvalue weighted by Gasteiger charge is -2.12. The molecule has 0 spiro atoms. The Labute approximate surface area is 75.7 Å². The van der Waals surface area contributed by atoms with E-state index in [1.54, 1.807) is 0 Å². The SMILES string of the molecule is C1=CCC=C1.CCC(C)(C)C.F. The van der Waals surface area contributed by atoms with E-state index in [4.69, 9.17) is 0 Å². The van der Waals surface area contributed by atoms with E-state index in [2.05, 4.69) is 52.0 Å². The van der Waals surface area contributed by atoms with E-state index >= 15 is 0 Å². The molecule has 0 unspecified atom stereocenters. The maximum Gasteiger partial charge on any atom is -0.0163 e. The van der Waals surface area contributed by atoms with Crippen molar-refractivity contribution in [1.29, 1.82) is 0 Å². The van der Waals surface area contributed by atoms with Gasteiger partial charge >= 0.3 is 0 Å². The Bertz CT molecular complexity index is 128. The van der Waals surface area contributed by atoms with Crippen LogP contribution in [0.5, 0.6) is 0 Å². The smallest absolute Gasteiger partial charge is 0.0163 e. The molecule has 0 amide bonds. The maximum atomic E-state index is 2.24. The van der Waals surface area contributed by atoms with E-state index in [0.29, 0.717) is 5.41 Å². The Hall–Kier alpha value is -0.590. The second-order valence-corrected chi connectivity index (χ2v) is 4.01. The Balaban J connectivity index is 0. The summed E-state index contributed by atoms with van der Waals surface area (Å²) in [6.07, 6.45) is 10.8. The Morgan fingerprint density at radius 2 is 1.42 bits per heavy atom. The first-order valence-corrected chi connectivity index (χ1v) is 4.38. The summed E-state index contributed by atoms with van der Waals surface area (Å²) < 4.78 is 0. The molecule has 72 valence electrons. The van der Waals surface area contributed by atoms with Crippen molar-refractivity contribution in [3.63, 3.8) is 0 Å². The van der Waals surface area contributed by atoms with Crippen LogP contribution < -0.4 is 0 Å². The molecule has 0 fully saturated rings. The van der Waals surface area contributed by atoms with Gasteiger partial charge in [0.25, 0.3) is 0 Å². The first-order chi connectivity index (χ1) is 5.06. The summed E-state index contributed by atoms with van der Waals surface area (Å²) in [6, 6.07) is 0. The van der Waals surface area contributed by atoms with Gasteiger partial charge in [0, 0.05) is 0 Å². The molecule has 0 bridgehead atoms. The van der Waals surface area contributed by atoms with Crippen LogP contribution in [-0.2, 0) is 0 Å². The zero-order valence-corrected chi connectivity index (χ0v) is 8.63. The first kappa shape index (κ1) is 14.0. The largest absolute Gasteiger partial charge is 0.269 e. The average molecular weight is 172 g/mol. The number of hydrogen-bond acceptors (Lipinski definition) is 0. The normalized spacial score (nSPS) is 13.3. The van der Waals surface area contributed by atoms with Gasteiger partial charge in [0.15, 0.2) is 0 Å². The van der Waals surface area contributed by atoms with Gasteiger partial charge in [0.05, 0.1) is 0 Å². The minimum absolute atomic E-state index is 0. The van der Waals surface area contributed by atoms with Gasteiger partial charge in [-0.15, -0.1) is 0 Å². The van der Waals surface area contributed by atoms with Crippen molar-refractivity contribution in [2.24, 2.45) is 5.41 Å². The van der Waals surface area contributed by atoms with Crippen LogP contribution in [0, 0.1) is 5.41 Å². The molecule has 0 saturated carbocycles. The van der Waals surface area contributed by atoms with E-state index in [1.807, 2.05) is 0 Å². The average Bonchev–Trinajstić information content (AvgIpc) is 2.41. The highest BCUT2D eigenvalue weighted by molar-refractivity contribution is 5.11. The van der Waals surface area contributed by atoms with Gasteiger partial charge in [-0.2, -0.15) is 0 Å². The van der Waals surface area contributed by atoms with Crippen molar-refractivity contribution in [3.05, 3.63) is 24.3 Å². The van der Waals surface area contributed by atoms with Crippen molar-refractivity contribution in [1.82, 2.24) is 0 Å². The molecule has 1 rings (SSSR count). The van der Waals surface area contributed by atoms with E-state index < -0.39 is 0 Å². The minimum Gasteiger partial charge on any atom is -0.269 e. The molecule has 1 aliphatic rings. The van der Waals surface area contributed by atoms with Crippen LogP contribution in [0.1, 0.15) is 40.5 Å².